The molecule has 0 atom stereocenters. The van der Waals surface area contributed by atoms with Gasteiger partial charge in [-0.25, -0.2) is 12.8 Å². The van der Waals surface area contributed by atoms with Crippen LogP contribution in [0.15, 0.2) is 59.5 Å². The molecule has 0 spiro atoms. The molecule has 2 aromatic carbocycles. The van der Waals surface area contributed by atoms with Crippen LogP contribution in [-0.4, -0.2) is 42.2 Å². The molecule has 0 unspecified atom stereocenters. The third-order valence-electron chi connectivity index (χ3n) is 6.10. The number of amides is 2. The van der Waals surface area contributed by atoms with Crippen LogP contribution in [0.4, 0.5) is 4.39 Å². The minimum absolute atomic E-state index is 0.0428. The molecular formula is C25H27FN4O4S. The maximum absolute atomic E-state index is 13.3. The van der Waals surface area contributed by atoms with Gasteiger partial charge in [0.15, 0.2) is 0 Å². The molecule has 0 aliphatic carbocycles. The predicted octanol–water partition coefficient (Wildman–Crippen LogP) is 3.48. The molecule has 0 bridgehead atoms. The van der Waals surface area contributed by atoms with Crippen LogP contribution in [0.1, 0.15) is 51.4 Å². The van der Waals surface area contributed by atoms with Gasteiger partial charge in [-0.05, 0) is 75.2 Å². The third kappa shape index (κ3) is 5.13. The monoisotopic (exact) mass is 498 g/mol. The van der Waals surface area contributed by atoms with Crippen molar-refractivity contribution < 1.29 is 22.4 Å². The van der Waals surface area contributed by atoms with E-state index in [0.29, 0.717) is 30.0 Å². The number of piperidine rings is 1. The Kier molecular flexibility index (Phi) is 7.04. The second-order valence-electron chi connectivity index (χ2n) is 8.50. The highest BCUT2D eigenvalue weighted by Gasteiger charge is 2.26. The number of nitrogens with zero attached hydrogens (tertiary/aromatic N) is 2. The van der Waals surface area contributed by atoms with Gasteiger partial charge in [0.1, 0.15) is 5.82 Å². The number of aryl methyl sites for hydroxylation is 1. The highest BCUT2D eigenvalue weighted by molar-refractivity contribution is 7.89. The molecule has 0 radical (unpaired) electrons. The van der Waals surface area contributed by atoms with Crippen LogP contribution in [0.25, 0.3) is 5.69 Å². The van der Waals surface area contributed by atoms with Crippen molar-refractivity contribution in [3.63, 3.8) is 0 Å². The standard InChI is InChI=1S/C25H27FN4O4S/c1-17-15-23(18(2)30(17)21-11-9-20(26)10-12-21)25(32)28-27-24(31)19-7-6-8-22(16-19)35(33,34)29-13-4-3-5-14-29/h6-12,15-16H,3-5,13-14H2,1-2H3,(H,27,31)(H,28,32). The Morgan fingerprint density at radius 1 is 0.886 bits per heavy atom. The topological polar surface area (TPSA) is 101 Å². The molecular weight excluding hydrogens is 471 g/mol. The molecule has 1 aromatic heterocycles. The first-order chi connectivity index (χ1) is 16.7. The quantitative estimate of drug-likeness (QED) is 0.526. The first-order valence-electron chi connectivity index (χ1n) is 11.3. The zero-order valence-electron chi connectivity index (χ0n) is 19.5. The second-order valence-corrected chi connectivity index (χ2v) is 10.4. The average Bonchev–Trinajstić information content (AvgIpc) is 3.17. The third-order valence-corrected chi connectivity index (χ3v) is 7.99. The number of hydrogen-bond donors (Lipinski definition) is 2. The van der Waals surface area contributed by atoms with Crippen molar-refractivity contribution in [1.82, 2.24) is 19.7 Å². The predicted molar refractivity (Wildman–Crippen MR) is 129 cm³/mol. The van der Waals surface area contributed by atoms with E-state index in [1.54, 1.807) is 25.1 Å². The van der Waals surface area contributed by atoms with Crippen molar-refractivity contribution in [2.24, 2.45) is 0 Å². The fourth-order valence-corrected chi connectivity index (χ4v) is 5.85. The molecule has 1 aliphatic rings. The van der Waals surface area contributed by atoms with Crippen LogP contribution >= 0.6 is 0 Å². The Morgan fingerprint density at radius 2 is 1.54 bits per heavy atom. The molecule has 35 heavy (non-hydrogen) atoms. The largest absolute Gasteiger partial charge is 0.318 e. The van der Waals surface area contributed by atoms with Crippen LogP contribution in [0.3, 0.4) is 0 Å². The summed E-state index contributed by atoms with van der Waals surface area (Å²) in [6.45, 7) is 4.50. The number of nitrogens with one attached hydrogen (secondary N) is 2. The number of benzene rings is 2. The summed E-state index contributed by atoms with van der Waals surface area (Å²) < 4.78 is 42.4. The molecule has 8 nitrogen and oxygen atoms in total. The van der Waals surface area contributed by atoms with Crippen molar-refractivity contribution in [3.8, 4) is 5.69 Å². The van der Waals surface area contributed by atoms with Gasteiger partial charge in [0.05, 0.1) is 10.5 Å². The minimum Gasteiger partial charge on any atom is -0.318 e. The highest BCUT2D eigenvalue weighted by Crippen LogP contribution is 2.22. The lowest BCUT2D eigenvalue weighted by atomic mass is 10.2. The summed E-state index contributed by atoms with van der Waals surface area (Å²) in [5.74, 6) is -1.53. The number of sulfonamides is 1. The zero-order valence-corrected chi connectivity index (χ0v) is 20.4. The summed E-state index contributed by atoms with van der Waals surface area (Å²) in [6, 6.07) is 13.3. The van der Waals surface area contributed by atoms with Gasteiger partial charge in [-0.1, -0.05) is 12.5 Å². The molecule has 3 aromatic rings. The van der Waals surface area contributed by atoms with Gasteiger partial charge in [0.2, 0.25) is 10.0 Å². The summed E-state index contributed by atoms with van der Waals surface area (Å²) in [5.41, 5.74) is 7.29. The van der Waals surface area contributed by atoms with E-state index in [0.717, 1.165) is 25.0 Å². The van der Waals surface area contributed by atoms with E-state index in [9.17, 15) is 22.4 Å². The Hall–Kier alpha value is -3.50. The van der Waals surface area contributed by atoms with E-state index in [4.69, 9.17) is 0 Å². The van der Waals surface area contributed by atoms with Crippen LogP contribution in [0.5, 0.6) is 0 Å². The SMILES string of the molecule is Cc1cc(C(=O)NNC(=O)c2cccc(S(=O)(=O)N3CCCCC3)c2)c(C)n1-c1ccc(F)cc1. The first kappa shape index (κ1) is 24.6. The number of carbonyl (C=O) groups is 2. The van der Waals surface area contributed by atoms with Gasteiger partial charge in [0, 0.05) is 35.7 Å². The number of halogens is 1. The van der Waals surface area contributed by atoms with E-state index >= 15 is 0 Å². The summed E-state index contributed by atoms with van der Waals surface area (Å²) in [4.78, 5) is 25.5. The van der Waals surface area contributed by atoms with Crippen LogP contribution in [-0.2, 0) is 10.0 Å². The lowest BCUT2D eigenvalue weighted by molar-refractivity contribution is 0.0846. The smallest absolute Gasteiger partial charge is 0.271 e. The molecule has 1 fully saturated rings. The zero-order chi connectivity index (χ0) is 25.2. The lowest BCUT2D eigenvalue weighted by Gasteiger charge is -2.26. The van der Waals surface area contributed by atoms with Crippen LogP contribution in [0.2, 0.25) is 0 Å². The van der Waals surface area contributed by atoms with Crippen molar-refractivity contribution in [2.75, 3.05) is 13.1 Å². The van der Waals surface area contributed by atoms with Crippen molar-refractivity contribution in [2.45, 2.75) is 38.0 Å². The molecule has 10 heteroatoms. The summed E-state index contributed by atoms with van der Waals surface area (Å²) in [5, 5.41) is 0. The van der Waals surface area contributed by atoms with Crippen LogP contribution < -0.4 is 10.9 Å². The van der Waals surface area contributed by atoms with E-state index in [2.05, 4.69) is 10.9 Å². The molecule has 4 rings (SSSR count). The van der Waals surface area contributed by atoms with E-state index in [1.807, 2.05) is 11.5 Å². The van der Waals surface area contributed by atoms with Gasteiger partial charge in [-0.2, -0.15) is 4.31 Å². The normalized spacial score (nSPS) is 14.5. The Bertz CT molecular complexity index is 1360. The van der Waals surface area contributed by atoms with E-state index < -0.39 is 21.8 Å². The summed E-state index contributed by atoms with van der Waals surface area (Å²) in [6.07, 6.45) is 2.63. The van der Waals surface area contributed by atoms with Crippen LogP contribution in [0, 0.1) is 19.7 Å². The number of aromatic nitrogens is 1. The molecule has 2 amide bonds. The Labute approximate surface area is 203 Å². The van der Waals surface area contributed by atoms with E-state index in [1.165, 1.54) is 40.7 Å². The maximum atomic E-state index is 13.3. The second kappa shape index (κ2) is 10.0. The van der Waals surface area contributed by atoms with Gasteiger partial charge >= 0.3 is 0 Å². The minimum atomic E-state index is -3.69. The number of carbonyl (C=O) groups excluding carboxylic acids is 2. The Morgan fingerprint density at radius 3 is 2.23 bits per heavy atom. The number of hydrogen-bond acceptors (Lipinski definition) is 4. The van der Waals surface area contributed by atoms with Gasteiger partial charge in [0.25, 0.3) is 11.8 Å². The molecule has 1 aliphatic heterocycles. The molecule has 2 heterocycles. The van der Waals surface area contributed by atoms with Gasteiger partial charge < -0.3 is 4.57 Å². The van der Waals surface area contributed by atoms with Crippen molar-refractivity contribution in [3.05, 3.63) is 82.9 Å². The fraction of sp³-hybridized carbons (Fsp3) is 0.280. The first-order valence-corrected chi connectivity index (χ1v) is 12.8. The van der Waals surface area contributed by atoms with Gasteiger partial charge in [-0.15, -0.1) is 0 Å². The molecule has 2 N–H and O–H groups in total. The number of rotatable bonds is 5. The van der Waals surface area contributed by atoms with Gasteiger partial charge in [-0.3, -0.25) is 20.4 Å². The average molecular weight is 499 g/mol. The fourth-order valence-electron chi connectivity index (χ4n) is 4.29. The highest BCUT2D eigenvalue weighted by atomic mass is 32.2. The van der Waals surface area contributed by atoms with E-state index in [-0.39, 0.29) is 16.3 Å². The van der Waals surface area contributed by atoms with Crippen molar-refractivity contribution in [1.29, 1.82) is 0 Å². The summed E-state index contributed by atoms with van der Waals surface area (Å²) in [7, 11) is -3.69. The van der Waals surface area contributed by atoms with Crippen molar-refractivity contribution >= 4 is 21.8 Å². The molecule has 0 saturated carbocycles. The molecule has 1 saturated heterocycles. The maximum Gasteiger partial charge on any atom is 0.271 e. The number of hydrazine groups is 1. The summed E-state index contributed by atoms with van der Waals surface area (Å²) >= 11 is 0. The molecule has 184 valence electrons. The lowest BCUT2D eigenvalue weighted by Crippen LogP contribution is -2.42. The Balaban J connectivity index is 1.47.